The van der Waals surface area contributed by atoms with Crippen LogP contribution in [0.3, 0.4) is 0 Å². The highest BCUT2D eigenvalue weighted by atomic mass is 16.5. The first kappa shape index (κ1) is 15.1. The van der Waals surface area contributed by atoms with Gasteiger partial charge in [0.1, 0.15) is 13.3 Å². The van der Waals surface area contributed by atoms with Crippen molar-refractivity contribution in [3.8, 4) is 5.75 Å². The SMILES string of the molecule is CC(C)N1CNn2ccc(=O)c(OCc3ccccc3)c2C1=O. The summed E-state index contributed by atoms with van der Waals surface area (Å²) in [5.74, 6) is -0.126. The molecule has 2 aromatic rings. The fourth-order valence-electron chi connectivity index (χ4n) is 2.50. The molecule has 0 fully saturated rings. The van der Waals surface area contributed by atoms with Crippen LogP contribution >= 0.6 is 0 Å². The van der Waals surface area contributed by atoms with E-state index < -0.39 is 0 Å². The lowest BCUT2D eigenvalue weighted by atomic mass is 10.2. The van der Waals surface area contributed by atoms with E-state index in [0.717, 1.165) is 5.56 Å². The fourth-order valence-corrected chi connectivity index (χ4v) is 2.50. The Bertz CT molecular complexity index is 768. The number of hydrogen-bond acceptors (Lipinski definition) is 4. The molecule has 1 aromatic heterocycles. The number of nitrogens with zero attached hydrogens (tertiary/aromatic N) is 2. The monoisotopic (exact) mass is 313 g/mol. The number of carbonyl (C=O) groups excluding carboxylic acids is 1. The predicted molar refractivity (Wildman–Crippen MR) is 87.0 cm³/mol. The first-order chi connectivity index (χ1) is 11.1. The molecule has 1 amide bonds. The van der Waals surface area contributed by atoms with Crippen LogP contribution in [0.4, 0.5) is 0 Å². The quantitative estimate of drug-likeness (QED) is 0.935. The lowest BCUT2D eigenvalue weighted by molar-refractivity contribution is 0.0668. The standard InChI is InChI=1S/C17H19N3O3/c1-12(2)19-11-18-20-9-8-14(21)16(15(20)17(19)22)23-10-13-6-4-3-5-7-13/h3-9,12,18H,10-11H2,1-2H3. The number of benzene rings is 1. The Labute approximate surface area is 134 Å². The number of carbonyl (C=O) groups is 1. The zero-order chi connectivity index (χ0) is 16.4. The minimum Gasteiger partial charge on any atom is -0.482 e. The van der Waals surface area contributed by atoms with E-state index in [1.54, 1.807) is 15.8 Å². The smallest absolute Gasteiger partial charge is 0.278 e. The Morgan fingerprint density at radius 3 is 2.61 bits per heavy atom. The molecule has 1 N–H and O–H groups in total. The van der Waals surface area contributed by atoms with Crippen LogP contribution in [0.1, 0.15) is 29.9 Å². The van der Waals surface area contributed by atoms with Gasteiger partial charge < -0.3 is 15.1 Å². The number of aromatic nitrogens is 1. The van der Waals surface area contributed by atoms with Gasteiger partial charge in [-0.1, -0.05) is 30.3 Å². The number of hydrogen-bond donors (Lipinski definition) is 1. The van der Waals surface area contributed by atoms with Crippen molar-refractivity contribution in [3.63, 3.8) is 0 Å². The molecule has 2 heterocycles. The van der Waals surface area contributed by atoms with Crippen molar-refractivity contribution in [2.75, 3.05) is 12.1 Å². The van der Waals surface area contributed by atoms with E-state index in [4.69, 9.17) is 4.74 Å². The Morgan fingerprint density at radius 1 is 1.17 bits per heavy atom. The molecule has 23 heavy (non-hydrogen) atoms. The molecule has 0 saturated heterocycles. The molecule has 0 aliphatic carbocycles. The van der Waals surface area contributed by atoms with Gasteiger partial charge in [-0.15, -0.1) is 0 Å². The molecule has 0 unspecified atom stereocenters. The van der Waals surface area contributed by atoms with Crippen LogP contribution in [0.2, 0.25) is 0 Å². The van der Waals surface area contributed by atoms with Gasteiger partial charge in [-0.2, -0.15) is 0 Å². The maximum Gasteiger partial charge on any atom is 0.278 e. The fraction of sp³-hybridized carbons (Fsp3) is 0.294. The molecule has 3 rings (SSSR count). The normalized spacial score (nSPS) is 13.7. The maximum absolute atomic E-state index is 12.7. The number of ether oxygens (including phenoxy) is 1. The zero-order valence-electron chi connectivity index (χ0n) is 13.2. The molecule has 1 aliphatic rings. The summed E-state index contributed by atoms with van der Waals surface area (Å²) in [5, 5.41) is 0. The van der Waals surface area contributed by atoms with Gasteiger partial charge in [-0.25, -0.2) is 0 Å². The van der Waals surface area contributed by atoms with E-state index in [9.17, 15) is 9.59 Å². The third-order valence-electron chi connectivity index (χ3n) is 3.78. The van der Waals surface area contributed by atoms with Gasteiger partial charge >= 0.3 is 0 Å². The van der Waals surface area contributed by atoms with Crippen LogP contribution in [0.5, 0.6) is 5.75 Å². The van der Waals surface area contributed by atoms with Crippen molar-refractivity contribution in [1.82, 2.24) is 9.58 Å². The van der Waals surface area contributed by atoms with Gasteiger partial charge in [0.05, 0.1) is 0 Å². The Balaban J connectivity index is 1.95. The van der Waals surface area contributed by atoms with Gasteiger partial charge in [0.2, 0.25) is 5.43 Å². The molecule has 120 valence electrons. The highest BCUT2D eigenvalue weighted by Crippen LogP contribution is 2.20. The second-order valence-corrected chi connectivity index (χ2v) is 5.69. The largest absolute Gasteiger partial charge is 0.482 e. The number of pyridine rings is 1. The van der Waals surface area contributed by atoms with Gasteiger partial charge in [0.25, 0.3) is 5.91 Å². The van der Waals surface area contributed by atoms with E-state index in [0.29, 0.717) is 6.67 Å². The molecule has 1 aromatic carbocycles. The highest BCUT2D eigenvalue weighted by molar-refractivity contribution is 5.96. The summed E-state index contributed by atoms with van der Waals surface area (Å²) in [7, 11) is 0. The van der Waals surface area contributed by atoms with Crippen LogP contribution in [-0.2, 0) is 6.61 Å². The van der Waals surface area contributed by atoms with E-state index in [2.05, 4.69) is 5.43 Å². The van der Waals surface area contributed by atoms with Crippen molar-refractivity contribution in [2.24, 2.45) is 0 Å². The van der Waals surface area contributed by atoms with Crippen LogP contribution < -0.4 is 15.6 Å². The molecule has 1 aliphatic heterocycles. The number of nitrogens with one attached hydrogen (secondary N) is 1. The molecule has 6 nitrogen and oxygen atoms in total. The Hall–Kier alpha value is -2.76. The van der Waals surface area contributed by atoms with E-state index in [1.165, 1.54) is 6.07 Å². The predicted octanol–water partition coefficient (Wildman–Crippen LogP) is 1.79. The summed E-state index contributed by atoms with van der Waals surface area (Å²) in [6.45, 7) is 4.49. The van der Waals surface area contributed by atoms with Crippen molar-refractivity contribution in [1.29, 1.82) is 0 Å². The second kappa shape index (κ2) is 6.16. The van der Waals surface area contributed by atoms with Crippen molar-refractivity contribution in [3.05, 3.63) is 64.1 Å². The molecule has 6 heteroatoms. The van der Waals surface area contributed by atoms with Crippen LogP contribution in [0, 0.1) is 0 Å². The summed E-state index contributed by atoms with van der Waals surface area (Å²) < 4.78 is 7.26. The molecule has 0 saturated carbocycles. The molecule has 0 atom stereocenters. The summed E-state index contributed by atoms with van der Waals surface area (Å²) in [4.78, 5) is 26.5. The van der Waals surface area contributed by atoms with Gasteiger partial charge in [-0.3, -0.25) is 14.3 Å². The number of rotatable bonds is 4. The number of amides is 1. The van der Waals surface area contributed by atoms with Gasteiger partial charge in [0.15, 0.2) is 11.4 Å². The summed E-state index contributed by atoms with van der Waals surface area (Å²) in [5.41, 5.74) is 3.98. The molecular formula is C17H19N3O3. The lowest BCUT2D eigenvalue weighted by Crippen LogP contribution is -2.49. The average molecular weight is 313 g/mol. The van der Waals surface area contributed by atoms with Crippen molar-refractivity contribution >= 4 is 5.91 Å². The van der Waals surface area contributed by atoms with Crippen LogP contribution in [-0.4, -0.2) is 28.2 Å². The third kappa shape index (κ3) is 2.92. The topological polar surface area (TPSA) is 63.6 Å². The van der Waals surface area contributed by atoms with E-state index in [1.807, 2.05) is 44.2 Å². The summed E-state index contributed by atoms with van der Waals surface area (Å²) in [6.07, 6.45) is 1.56. The summed E-state index contributed by atoms with van der Waals surface area (Å²) in [6, 6.07) is 11.0. The molecule has 0 bridgehead atoms. The van der Waals surface area contributed by atoms with E-state index >= 15 is 0 Å². The van der Waals surface area contributed by atoms with Crippen molar-refractivity contribution < 1.29 is 9.53 Å². The second-order valence-electron chi connectivity index (χ2n) is 5.69. The van der Waals surface area contributed by atoms with Gasteiger partial charge in [-0.05, 0) is 19.4 Å². The Kier molecular flexibility index (Phi) is 4.06. The van der Waals surface area contributed by atoms with Crippen molar-refractivity contribution in [2.45, 2.75) is 26.5 Å². The minimum absolute atomic E-state index is 0.0287. The first-order valence-electron chi connectivity index (χ1n) is 7.55. The minimum atomic E-state index is -0.298. The first-order valence-corrected chi connectivity index (χ1v) is 7.55. The maximum atomic E-state index is 12.7. The molecule has 0 spiro atoms. The highest BCUT2D eigenvalue weighted by Gasteiger charge is 2.30. The lowest BCUT2D eigenvalue weighted by Gasteiger charge is -2.34. The third-order valence-corrected chi connectivity index (χ3v) is 3.78. The van der Waals surface area contributed by atoms with Gasteiger partial charge in [0, 0.05) is 18.3 Å². The molecule has 0 radical (unpaired) electrons. The summed E-state index contributed by atoms with van der Waals surface area (Å²) >= 11 is 0. The van der Waals surface area contributed by atoms with Crippen LogP contribution in [0.15, 0.2) is 47.4 Å². The van der Waals surface area contributed by atoms with E-state index in [-0.39, 0.29) is 35.4 Å². The molecular weight excluding hydrogens is 294 g/mol. The Morgan fingerprint density at radius 2 is 1.91 bits per heavy atom. The number of fused-ring (bicyclic) bond motifs is 1. The average Bonchev–Trinajstić information content (AvgIpc) is 2.55. The zero-order valence-corrected chi connectivity index (χ0v) is 13.2. The van der Waals surface area contributed by atoms with Crippen LogP contribution in [0.25, 0.3) is 0 Å².